The van der Waals surface area contributed by atoms with Crippen LogP contribution in [0.25, 0.3) is 0 Å². The molecule has 0 saturated carbocycles. The van der Waals surface area contributed by atoms with Gasteiger partial charge in [-0.1, -0.05) is 46.8 Å². The summed E-state index contributed by atoms with van der Waals surface area (Å²) in [5.41, 5.74) is 0.560. The Labute approximate surface area is 164 Å². The minimum absolute atomic E-state index is 0.0129. The molecule has 2 rings (SSSR count). The number of benzene rings is 1. The van der Waals surface area contributed by atoms with Crippen LogP contribution in [-0.2, 0) is 18.7 Å². The summed E-state index contributed by atoms with van der Waals surface area (Å²) < 4.78 is 23.9. The molecule has 0 unspecified atom stereocenters. The Hall–Kier alpha value is -1.21. The number of rotatable bonds is 6. The molecule has 3 atom stereocenters. The average molecular weight is 395 g/mol. The van der Waals surface area contributed by atoms with E-state index >= 15 is 0 Å². The Morgan fingerprint density at radius 3 is 2.30 bits per heavy atom. The number of hydrogen-bond donors (Lipinski definition) is 0. The number of carbonyl (C=O) groups is 1. The molecular weight excluding hydrogens is 360 g/mol. The summed E-state index contributed by atoms with van der Waals surface area (Å²) in [6.07, 6.45) is -0.640. The lowest BCUT2D eigenvalue weighted by Gasteiger charge is -2.47. The van der Waals surface area contributed by atoms with Gasteiger partial charge in [0.25, 0.3) is 0 Å². The molecule has 1 aliphatic heterocycles. The van der Waals surface area contributed by atoms with Gasteiger partial charge in [0.1, 0.15) is 24.2 Å². The molecule has 1 heterocycles. The van der Waals surface area contributed by atoms with Crippen molar-refractivity contribution in [3.8, 4) is 5.75 Å². The third-order valence-corrected chi connectivity index (χ3v) is 10.2. The lowest BCUT2D eigenvalue weighted by molar-refractivity contribution is -0.278. The van der Waals surface area contributed by atoms with Gasteiger partial charge in [-0.25, -0.2) is 0 Å². The summed E-state index contributed by atoms with van der Waals surface area (Å²) in [5, 5.41) is 0.0129. The first-order valence-electron chi connectivity index (χ1n) is 9.45. The van der Waals surface area contributed by atoms with Crippen molar-refractivity contribution < 1.29 is 23.4 Å². The highest BCUT2D eigenvalue weighted by Crippen LogP contribution is 2.42. The fourth-order valence-corrected chi connectivity index (χ4v) is 4.08. The standard InChI is InChI=1S/C21H34O5Si/c1-20(2,3)27(7,8)26-17(13-22)18-21(4,5)14-24-19(25-18)15-9-11-16(23-6)12-10-15/h9-13,17-19H,14H2,1-8H3/t17-,18+,19-/m0/s1. The molecule has 1 saturated heterocycles. The van der Waals surface area contributed by atoms with Gasteiger partial charge in [0.05, 0.1) is 13.7 Å². The number of carbonyl (C=O) groups excluding carboxylic acids is 1. The van der Waals surface area contributed by atoms with E-state index in [2.05, 4.69) is 33.9 Å². The summed E-state index contributed by atoms with van der Waals surface area (Å²) in [4.78, 5) is 12.0. The van der Waals surface area contributed by atoms with Crippen molar-refractivity contribution >= 4 is 14.6 Å². The van der Waals surface area contributed by atoms with Gasteiger partial charge in [0.2, 0.25) is 0 Å². The van der Waals surface area contributed by atoms with E-state index in [-0.39, 0.29) is 16.6 Å². The van der Waals surface area contributed by atoms with E-state index in [0.29, 0.717) is 6.61 Å². The molecule has 0 spiro atoms. The van der Waals surface area contributed by atoms with Gasteiger partial charge in [-0.3, -0.25) is 0 Å². The second-order valence-corrected chi connectivity index (χ2v) is 14.2. The van der Waals surface area contributed by atoms with E-state index in [4.69, 9.17) is 18.6 Å². The number of methoxy groups -OCH3 is 1. The van der Waals surface area contributed by atoms with Gasteiger partial charge in [-0.2, -0.15) is 0 Å². The van der Waals surface area contributed by atoms with Gasteiger partial charge < -0.3 is 23.4 Å². The maximum Gasteiger partial charge on any atom is 0.193 e. The molecule has 1 aliphatic rings. The zero-order chi connectivity index (χ0) is 20.5. The lowest BCUT2D eigenvalue weighted by atomic mass is 9.83. The number of hydrogen-bond acceptors (Lipinski definition) is 5. The minimum atomic E-state index is -2.12. The Bertz CT molecular complexity index is 633. The van der Waals surface area contributed by atoms with Crippen LogP contribution in [0, 0.1) is 5.41 Å². The van der Waals surface area contributed by atoms with Crippen molar-refractivity contribution in [1.29, 1.82) is 0 Å². The van der Waals surface area contributed by atoms with Crippen LogP contribution in [0.2, 0.25) is 18.1 Å². The topological polar surface area (TPSA) is 54.0 Å². The van der Waals surface area contributed by atoms with Gasteiger partial charge in [-0.15, -0.1) is 0 Å². The highest BCUT2D eigenvalue weighted by atomic mass is 28.4. The first kappa shape index (κ1) is 22.1. The maximum atomic E-state index is 12.0. The van der Waals surface area contributed by atoms with E-state index < -0.39 is 20.7 Å². The van der Waals surface area contributed by atoms with Gasteiger partial charge >= 0.3 is 0 Å². The van der Waals surface area contributed by atoms with Crippen LogP contribution in [0.3, 0.4) is 0 Å². The van der Waals surface area contributed by atoms with Crippen LogP contribution in [0.15, 0.2) is 24.3 Å². The van der Waals surface area contributed by atoms with Crippen LogP contribution in [0.4, 0.5) is 0 Å². The highest BCUT2D eigenvalue weighted by Gasteiger charge is 2.47. The molecule has 0 aliphatic carbocycles. The molecule has 27 heavy (non-hydrogen) atoms. The van der Waals surface area contributed by atoms with Crippen LogP contribution in [0.5, 0.6) is 5.75 Å². The predicted octanol–water partition coefficient (Wildman–Crippen LogP) is 4.72. The largest absolute Gasteiger partial charge is 0.497 e. The van der Waals surface area contributed by atoms with Crippen LogP contribution in [-0.4, -0.2) is 40.5 Å². The van der Waals surface area contributed by atoms with E-state index in [1.807, 2.05) is 38.1 Å². The smallest absolute Gasteiger partial charge is 0.193 e. The van der Waals surface area contributed by atoms with E-state index in [9.17, 15) is 4.79 Å². The third kappa shape index (κ3) is 4.99. The van der Waals surface area contributed by atoms with Crippen molar-refractivity contribution in [2.24, 2.45) is 5.41 Å². The molecule has 1 aromatic carbocycles. The van der Waals surface area contributed by atoms with Crippen molar-refractivity contribution in [3.63, 3.8) is 0 Å². The quantitative estimate of drug-likeness (QED) is 0.516. The summed E-state index contributed by atoms with van der Waals surface area (Å²) in [5.74, 6) is 0.776. The second-order valence-electron chi connectivity index (χ2n) is 9.44. The van der Waals surface area contributed by atoms with Crippen molar-refractivity contribution in [2.75, 3.05) is 13.7 Å². The summed E-state index contributed by atoms with van der Waals surface area (Å²) in [6, 6.07) is 7.59. The average Bonchev–Trinajstić information content (AvgIpc) is 2.59. The minimum Gasteiger partial charge on any atom is -0.497 e. The summed E-state index contributed by atoms with van der Waals surface area (Å²) >= 11 is 0. The number of aldehydes is 1. The monoisotopic (exact) mass is 394 g/mol. The first-order valence-corrected chi connectivity index (χ1v) is 12.4. The normalized spacial score (nSPS) is 24.3. The van der Waals surface area contributed by atoms with Gasteiger partial charge in [0.15, 0.2) is 14.6 Å². The van der Waals surface area contributed by atoms with Crippen LogP contribution in [0.1, 0.15) is 46.5 Å². The Balaban J connectivity index is 2.23. The SMILES string of the molecule is COc1ccc([C@H]2OCC(C)(C)[C@@H]([C@H](C=O)O[Si](C)(C)C(C)(C)C)O2)cc1. The van der Waals surface area contributed by atoms with Crippen molar-refractivity contribution in [1.82, 2.24) is 0 Å². The lowest BCUT2D eigenvalue weighted by Crippen LogP contribution is -2.55. The van der Waals surface area contributed by atoms with E-state index in [1.54, 1.807) is 7.11 Å². The summed E-state index contributed by atoms with van der Waals surface area (Å²) in [7, 11) is -0.485. The molecule has 152 valence electrons. The number of ether oxygens (including phenoxy) is 3. The molecule has 0 bridgehead atoms. The molecule has 0 aromatic heterocycles. The van der Waals surface area contributed by atoms with Gasteiger partial charge in [0, 0.05) is 11.0 Å². The van der Waals surface area contributed by atoms with Crippen molar-refractivity contribution in [3.05, 3.63) is 29.8 Å². The molecule has 0 radical (unpaired) electrons. The third-order valence-electron chi connectivity index (χ3n) is 5.70. The molecular formula is C21H34O5Si. The fourth-order valence-electron chi connectivity index (χ4n) is 2.87. The predicted molar refractivity (Wildman–Crippen MR) is 108 cm³/mol. The second kappa shape index (κ2) is 8.03. The molecule has 0 N–H and O–H groups in total. The Morgan fingerprint density at radius 2 is 1.81 bits per heavy atom. The van der Waals surface area contributed by atoms with E-state index in [0.717, 1.165) is 17.6 Å². The highest BCUT2D eigenvalue weighted by molar-refractivity contribution is 6.74. The zero-order valence-electron chi connectivity index (χ0n) is 17.9. The van der Waals surface area contributed by atoms with Crippen molar-refractivity contribution in [2.45, 2.75) is 71.2 Å². The molecule has 1 aromatic rings. The summed E-state index contributed by atoms with van der Waals surface area (Å²) in [6.45, 7) is 15.4. The maximum absolute atomic E-state index is 12.0. The first-order chi connectivity index (χ1) is 12.4. The fraction of sp³-hybridized carbons (Fsp3) is 0.667. The molecule has 6 heteroatoms. The molecule has 1 fully saturated rings. The van der Waals surface area contributed by atoms with E-state index in [1.165, 1.54) is 0 Å². The molecule has 5 nitrogen and oxygen atoms in total. The Kier molecular flexibility index (Phi) is 6.57. The van der Waals surface area contributed by atoms with Crippen LogP contribution < -0.4 is 4.74 Å². The van der Waals surface area contributed by atoms with Crippen LogP contribution >= 0.6 is 0 Å². The molecule has 0 amide bonds. The Morgan fingerprint density at radius 1 is 1.22 bits per heavy atom. The zero-order valence-corrected chi connectivity index (χ0v) is 18.9. The van der Waals surface area contributed by atoms with Gasteiger partial charge in [-0.05, 0) is 30.3 Å².